The van der Waals surface area contributed by atoms with Gasteiger partial charge >= 0.3 is 0 Å². The standard InChI is InChI=1S/C14H28O5S/c1-2-3-4-5-6-7-8-18-14-12(17)11(16)13(20)10(9-15)19-14/h10-17,20H,2-9H2,1H3/t10-,11-,12-,13-,14+/m0/s1. The molecule has 6 heteroatoms. The fourth-order valence-corrected chi connectivity index (χ4v) is 2.63. The minimum absolute atomic E-state index is 0.255. The molecule has 1 heterocycles. The molecular weight excluding hydrogens is 280 g/mol. The number of unbranched alkanes of at least 4 members (excludes halogenated alkanes) is 5. The van der Waals surface area contributed by atoms with E-state index < -0.39 is 29.9 Å². The molecule has 1 fully saturated rings. The molecule has 0 amide bonds. The van der Waals surface area contributed by atoms with Crippen molar-refractivity contribution < 1.29 is 24.8 Å². The zero-order chi connectivity index (χ0) is 15.0. The minimum Gasteiger partial charge on any atom is -0.394 e. The smallest absolute Gasteiger partial charge is 0.186 e. The number of hydrogen-bond acceptors (Lipinski definition) is 6. The third-order valence-corrected chi connectivity index (χ3v) is 4.27. The first-order chi connectivity index (χ1) is 9.61. The topological polar surface area (TPSA) is 79.2 Å². The van der Waals surface area contributed by atoms with E-state index in [1.54, 1.807) is 0 Å². The Morgan fingerprint density at radius 1 is 1.05 bits per heavy atom. The van der Waals surface area contributed by atoms with Gasteiger partial charge in [-0.3, -0.25) is 0 Å². The Kier molecular flexibility index (Phi) is 9.08. The van der Waals surface area contributed by atoms with Crippen molar-refractivity contribution in [3.63, 3.8) is 0 Å². The van der Waals surface area contributed by atoms with Crippen molar-refractivity contribution in [2.75, 3.05) is 13.2 Å². The Labute approximate surface area is 126 Å². The monoisotopic (exact) mass is 308 g/mol. The van der Waals surface area contributed by atoms with Gasteiger partial charge in [-0.1, -0.05) is 39.0 Å². The van der Waals surface area contributed by atoms with Gasteiger partial charge in [0.2, 0.25) is 0 Å². The van der Waals surface area contributed by atoms with Gasteiger partial charge in [0.15, 0.2) is 6.29 Å². The molecule has 1 saturated heterocycles. The van der Waals surface area contributed by atoms with Crippen molar-refractivity contribution in [3.05, 3.63) is 0 Å². The van der Waals surface area contributed by atoms with E-state index in [1.807, 2.05) is 0 Å². The van der Waals surface area contributed by atoms with Gasteiger partial charge in [0.1, 0.15) is 6.10 Å². The van der Waals surface area contributed by atoms with Crippen molar-refractivity contribution in [2.24, 2.45) is 0 Å². The molecule has 1 aliphatic heterocycles. The van der Waals surface area contributed by atoms with E-state index in [9.17, 15) is 10.2 Å². The lowest BCUT2D eigenvalue weighted by Gasteiger charge is -2.40. The fourth-order valence-electron chi connectivity index (χ4n) is 2.29. The van der Waals surface area contributed by atoms with Crippen molar-refractivity contribution in [1.29, 1.82) is 0 Å². The summed E-state index contributed by atoms with van der Waals surface area (Å²) in [6.45, 7) is 2.41. The van der Waals surface area contributed by atoms with E-state index in [0.29, 0.717) is 6.61 Å². The molecule has 0 aliphatic carbocycles. The summed E-state index contributed by atoms with van der Waals surface area (Å²) in [5.74, 6) is 0. The van der Waals surface area contributed by atoms with Crippen LogP contribution in [-0.2, 0) is 9.47 Å². The summed E-state index contributed by atoms with van der Waals surface area (Å²) in [4.78, 5) is 0. The molecule has 1 rings (SSSR count). The summed E-state index contributed by atoms with van der Waals surface area (Å²) >= 11 is 4.14. The van der Waals surface area contributed by atoms with E-state index in [1.165, 1.54) is 25.7 Å². The number of aliphatic hydroxyl groups is 3. The predicted octanol–water partition coefficient (Wildman–Crippen LogP) is 1.10. The Bertz CT molecular complexity index is 252. The maximum Gasteiger partial charge on any atom is 0.186 e. The van der Waals surface area contributed by atoms with Crippen LogP contribution in [0.4, 0.5) is 0 Å². The highest BCUT2D eigenvalue weighted by atomic mass is 32.1. The van der Waals surface area contributed by atoms with Crippen LogP contribution in [-0.4, -0.2) is 58.4 Å². The van der Waals surface area contributed by atoms with E-state index >= 15 is 0 Å². The summed E-state index contributed by atoms with van der Waals surface area (Å²) in [5.41, 5.74) is 0. The van der Waals surface area contributed by atoms with Crippen LogP contribution in [0.5, 0.6) is 0 Å². The SMILES string of the molecule is CCCCCCCCO[C@@H]1O[C@@H](CO)[C@H](S)[C@@H](O)[C@@H]1O. The average Bonchev–Trinajstić information content (AvgIpc) is 2.46. The summed E-state index contributed by atoms with van der Waals surface area (Å²) in [7, 11) is 0. The van der Waals surface area contributed by atoms with Crippen LogP contribution in [0.3, 0.4) is 0 Å². The predicted molar refractivity (Wildman–Crippen MR) is 79.9 cm³/mol. The molecule has 1 aliphatic rings. The highest BCUT2D eigenvalue weighted by Crippen LogP contribution is 2.25. The third-order valence-electron chi connectivity index (χ3n) is 3.63. The number of aliphatic hydroxyl groups excluding tert-OH is 3. The van der Waals surface area contributed by atoms with Gasteiger partial charge in [-0.2, -0.15) is 12.6 Å². The van der Waals surface area contributed by atoms with Crippen LogP contribution >= 0.6 is 12.6 Å². The molecule has 0 aromatic heterocycles. The molecule has 120 valence electrons. The molecular formula is C14H28O5S. The van der Waals surface area contributed by atoms with Crippen molar-refractivity contribution in [3.8, 4) is 0 Å². The second-order valence-electron chi connectivity index (χ2n) is 5.34. The molecule has 0 unspecified atom stereocenters. The van der Waals surface area contributed by atoms with Crippen molar-refractivity contribution in [2.45, 2.75) is 75.3 Å². The van der Waals surface area contributed by atoms with Crippen LogP contribution in [0.25, 0.3) is 0 Å². The maximum atomic E-state index is 9.86. The molecule has 0 aromatic carbocycles. The van der Waals surface area contributed by atoms with E-state index in [0.717, 1.165) is 12.8 Å². The van der Waals surface area contributed by atoms with Gasteiger partial charge in [0.05, 0.1) is 24.1 Å². The highest BCUT2D eigenvalue weighted by Gasteiger charge is 2.43. The van der Waals surface area contributed by atoms with Crippen LogP contribution in [0.15, 0.2) is 0 Å². The maximum absolute atomic E-state index is 9.86. The van der Waals surface area contributed by atoms with Gasteiger partial charge in [-0.05, 0) is 6.42 Å². The Morgan fingerprint density at radius 3 is 2.35 bits per heavy atom. The van der Waals surface area contributed by atoms with Crippen LogP contribution in [0.2, 0.25) is 0 Å². The lowest BCUT2D eigenvalue weighted by atomic mass is 10.0. The zero-order valence-electron chi connectivity index (χ0n) is 12.1. The molecule has 0 saturated carbocycles. The normalized spacial score (nSPS) is 34.4. The summed E-state index contributed by atoms with van der Waals surface area (Å²) in [6.07, 6.45) is 3.22. The molecule has 0 bridgehead atoms. The van der Waals surface area contributed by atoms with Gasteiger partial charge in [-0.25, -0.2) is 0 Å². The van der Waals surface area contributed by atoms with Gasteiger partial charge in [0.25, 0.3) is 0 Å². The highest BCUT2D eigenvalue weighted by molar-refractivity contribution is 7.81. The zero-order valence-corrected chi connectivity index (χ0v) is 13.0. The molecule has 5 atom stereocenters. The lowest BCUT2D eigenvalue weighted by Crippen LogP contribution is -2.57. The van der Waals surface area contributed by atoms with Crippen LogP contribution < -0.4 is 0 Å². The van der Waals surface area contributed by atoms with Crippen LogP contribution in [0.1, 0.15) is 45.4 Å². The number of ether oxygens (including phenoxy) is 2. The molecule has 3 N–H and O–H groups in total. The molecule has 5 nitrogen and oxygen atoms in total. The first-order valence-electron chi connectivity index (χ1n) is 7.54. The Morgan fingerprint density at radius 2 is 1.70 bits per heavy atom. The molecule has 0 aromatic rings. The lowest BCUT2D eigenvalue weighted by molar-refractivity contribution is -0.268. The quantitative estimate of drug-likeness (QED) is 0.379. The first-order valence-corrected chi connectivity index (χ1v) is 8.05. The fraction of sp³-hybridized carbons (Fsp3) is 1.00. The third kappa shape index (κ3) is 5.50. The number of thiol groups is 1. The molecule has 0 radical (unpaired) electrons. The van der Waals surface area contributed by atoms with Gasteiger partial charge < -0.3 is 24.8 Å². The minimum atomic E-state index is -1.12. The van der Waals surface area contributed by atoms with Gasteiger partial charge in [0, 0.05) is 6.61 Å². The van der Waals surface area contributed by atoms with E-state index in [4.69, 9.17) is 14.6 Å². The molecule has 0 spiro atoms. The van der Waals surface area contributed by atoms with E-state index in [-0.39, 0.29) is 6.61 Å². The number of rotatable bonds is 9. The average molecular weight is 308 g/mol. The second-order valence-corrected chi connectivity index (χ2v) is 5.93. The largest absolute Gasteiger partial charge is 0.394 e. The Hall–Kier alpha value is 0.150. The van der Waals surface area contributed by atoms with Crippen molar-refractivity contribution >= 4 is 12.6 Å². The second kappa shape index (κ2) is 9.97. The molecule has 20 heavy (non-hydrogen) atoms. The number of hydrogen-bond donors (Lipinski definition) is 4. The van der Waals surface area contributed by atoms with Crippen molar-refractivity contribution in [1.82, 2.24) is 0 Å². The van der Waals surface area contributed by atoms with E-state index in [2.05, 4.69) is 19.6 Å². The first kappa shape index (κ1) is 18.2. The summed E-state index contributed by atoms with van der Waals surface area (Å²) in [6, 6.07) is 0. The van der Waals surface area contributed by atoms with Gasteiger partial charge in [-0.15, -0.1) is 0 Å². The van der Waals surface area contributed by atoms with Crippen LogP contribution in [0, 0.1) is 0 Å². The summed E-state index contributed by atoms with van der Waals surface area (Å²) in [5, 5.41) is 28.2. The Balaban J connectivity index is 2.21. The summed E-state index contributed by atoms with van der Waals surface area (Å²) < 4.78 is 10.9.